The molecule has 0 atom stereocenters. The van der Waals surface area contributed by atoms with Crippen LogP contribution in [0.1, 0.15) is 5.56 Å². The van der Waals surface area contributed by atoms with Gasteiger partial charge in [0.25, 0.3) is 0 Å². The van der Waals surface area contributed by atoms with Gasteiger partial charge in [0.1, 0.15) is 5.82 Å². The molecule has 0 aliphatic carbocycles. The Labute approximate surface area is 78.1 Å². The molecule has 0 amide bonds. The van der Waals surface area contributed by atoms with Crippen LogP contribution in [0.3, 0.4) is 0 Å². The Morgan fingerprint density at radius 1 is 1.58 bits per heavy atom. The van der Waals surface area contributed by atoms with Gasteiger partial charge in [-0.2, -0.15) is 0 Å². The molecule has 0 saturated heterocycles. The molecule has 0 bridgehead atoms. The summed E-state index contributed by atoms with van der Waals surface area (Å²) in [6.07, 6.45) is 0. The molecule has 0 unspecified atom stereocenters. The summed E-state index contributed by atoms with van der Waals surface area (Å²) in [4.78, 5) is 0. The van der Waals surface area contributed by atoms with Crippen LogP contribution in [0, 0.1) is 12.7 Å². The number of ether oxygens (including phenoxy) is 1. The van der Waals surface area contributed by atoms with E-state index in [0.29, 0.717) is 5.56 Å². The minimum atomic E-state index is -0.412. The van der Waals surface area contributed by atoms with Gasteiger partial charge in [-0.25, -0.2) is 4.39 Å². The number of hydrogen-bond acceptors (Lipinski definition) is 2. The lowest BCUT2D eigenvalue weighted by atomic mass is 10.2. The quantitative estimate of drug-likeness (QED) is 0.810. The summed E-state index contributed by atoms with van der Waals surface area (Å²) in [5.74, 6) is -0.302. The fraction of sp³-hybridized carbons (Fsp3) is 0.250. The number of hydrogen-bond donors (Lipinski definition) is 1. The average Bonchev–Trinajstić information content (AvgIpc) is 2.01. The molecule has 0 heterocycles. The Hall–Kier alpha value is -0.770. The fourth-order valence-electron chi connectivity index (χ4n) is 0.978. The van der Waals surface area contributed by atoms with Crippen molar-refractivity contribution < 1.29 is 14.2 Å². The molecule has 4 heteroatoms. The van der Waals surface area contributed by atoms with Crippen LogP contribution in [0.2, 0.25) is 0 Å². The first-order chi connectivity index (χ1) is 5.57. The summed E-state index contributed by atoms with van der Waals surface area (Å²) in [6, 6.07) is 1.27. The second-order valence-electron chi connectivity index (χ2n) is 2.35. The van der Waals surface area contributed by atoms with Crippen molar-refractivity contribution in [3.8, 4) is 11.5 Å². The molecule has 0 aliphatic rings. The van der Waals surface area contributed by atoms with Crippen LogP contribution >= 0.6 is 15.9 Å². The summed E-state index contributed by atoms with van der Waals surface area (Å²) in [5, 5.41) is 9.27. The van der Waals surface area contributed by atoms with Crippen molar-refractivity contribution in [2.75, 3.05) is 7.11 Å². The Morgan fingerprint density at radius 3 is 2.67 bits per heavy atom. The van der Waals surface area contributed by atoms with E-state index in [1.54, 1.807) is 6.92 Å². The van der Waals surface area contributed by atoms with E-state index in [-0.39, 0.29) is 16.0 Å². The van der Waals surface area contributed by atoms with Gasteiger partial charge in [0.05, 0.1) is 11.6 Å². The Bertz CT molecular complexity index is 312. The molecule has 0 aliphatic heterocycles. The summed E-state index contributed by atoms with van der Waals surface area (Å²) < 4.78 is 18.2. The normalized spacial score (nSPS) is 10.0. The standard InChI is InChI=1S/C8H8BrFO2/c1-4-7(10)5(9)3-6(11)8(4)12-2/h3,11H,1-2H3. The maximum absolute atomic E-state index is 13.1. The van der Waals surface area contributed by atoms with Gasteiger partial charge in [-0.3, -0.25) is 0 Å². The Morgan fingerprint density at radius 2 is 2.17 bits per heavy atom. The van der Waals surface area contributed by atoms with E-state index in [2.05, 4.69) is 15.9 Å². The van der Waals surface area contributed by atoms with Gasteiger partial charge in [0.15, 0.2) is 11.5 Å². The summed E-state index contributed by atoms with van der Waals surface area (Å²) in [5.41, 5.74) is 0.296. The fourth-order valence-corrected chi connectivity index (χ4v) is 1.49. The highest BCUT2D eigenvalue weighted by molar-refractivity contribution is 9.10. The van der Waals surface area contributed by atoms with Crippen LogP contribution in [0.25, 0.3) is 0 Å². The van der Waals surface area contributed by atoms with Gasteiger partial charge in [-0.15, -0.1) is 0 Å². The predicted octanol–water partition coefficient (Wildman–Crippen LogP) is 2.61. The topological polar surface area (TPSA) is 29.5 Å². The van der Waals surface area contributed by atoms with E-state index in [9.17, 15) is 9.50 Å². The van der Waals surface area contributed by atoms with E-state index in [1.165, 1.54) is 13.2 Å². The van der Waals surface area contributed by atoms with Crippen LogP contribution < -0.4 is 4.74 Å². The third-order valence-electron chi connectivity index (χ3n) is 1.58. The van der Waals surface area contributed by atoms with Crippen molar-refractivity contribution in [1.82, 2.24) is 0 Å². The van der Waals surface area contributed by atoms with Crippen molar-refractivity contribution in [1.29, 1.82) is 0 Å². The molecule has 2 nitrogen and oxygen atoms in total. The van der Waals surface area contributed by atoms with E-state index < -0.39 is 5.82 Å². The number of phenolic OH excluding ortho intramolecular Hbond substituents is 1. The molecule has 0 radical (unpaired) electrons. The van der Waals surface area contributed by atoms with Crippen molar-refractivity contribution in [2.45, 2.75) is 6.92 Å². The van der Waals surface area contributed by atoms with Crippen LogP contribution in [-0.2, 0) is 0 Å². The molecule has 0 aromatic heterocycles. The largest absolute Gasteiger partial charge is 0.504 e. The number of halogens is 2. The third-order valence-corrected chi connectivity index (χ3v) is 2.16. The van der Waals surface area contributed by atoms with Gasteiger partial charge in [-0.1, -0.05) is 0 Å². The second kappa shape index (κ2) is 3.31. The maximum atomic E-state index is 13.1. The molecule has 1 N–H and O–H groups in total. The molecule has 66 valence electrons. The van der Waals surface area contributed by atoms with Crippen LogP contribution in [0.15, 0.2) is 10.5 Å². The van der Waals surface area contributed by atoms with E-state index in [0.717, 1.165) is 0 Å². The Balaban J connectivity index is 3.40. The minimum Gasteiger partial charge on any atom is -0.504 e. The third kappa shape index (κ3) is 1.39. The zero-order valence-corrected chi connectivity index (χ0v) is 8.27. The van der Waals surface area contributed by atoms with Crippen molar-refractivity contribution >= 4 is 15.9 Å². The number of benzene rings is 1. The molecular weight excluding hydrogens is 227 g/mol. The van der Waals surface area contributed by atoms with Crippen LogP contribution in [0.4, 0.5) is 4.39 Å². The van der Waals surface area contributed by atoms with Crippen molar-refractivity contribution in [3.63, 3.8) is 0 Å². The van der Waals surface area contributed by atoms with E-state index in [4.69, 9.17) is 4.74 Å². The van der Waals surface area contributed by atoms with Crippen LogP contribution in [-0.4, -0.2) is 12.2 Å². The molecule has 0 fully saturated rings. The number of phenols is 1. The second-order valence-corrected chi connectivity index (χ2v) is 3.20. The maximum Gasteiger partial charge on any atom is 0.166 e. The van der Waals surface area contributed by atoms with Crippen molar-refractivity contribution in [2.24, 2.45) is 0 Å². The van der Waals surface area contributed by atoms with Gasteiger partial charge >= 0.3 is 0 Å². The Kier molecular flexibility index (Phi) is 2.57. The summed E-state index contributed by atoms with van der Waals surface area (Å²) >= 11 is 2.97. The predicted molar refractivity (Wildman–Crippen MR) is 47.1 cm³/mol. The van der Waals surface area contributed by atoms with E-state index >= 15 is 0 Å². The van der Waals surface area contributed by atoms with Gasteiger partial charge in [0.2, 0.25) is 0 Å². The molecule has 1 aromatic rings. The highest BCUT2D eigenvalue weighted by Crippen LogP contribution is 2.35. The number of rotatable bonds is 1. The SMILES string of the molecule is COc1c(O)cc(Br)c(F)c1C. The molecule has 1 rings (SSSR count). The molecule has 0 spiro atoms. The zero-order chi connectivity index (χ0) is 9.30. The molecular formula is C8H8BrFO2. The molecule has 0 saturated carbocycles. The van der Waals surface area contributed by atoms with Crippen molar-refractivity contribution in [3.05, 3.63) is 21.9 Å². The van der Waals surface area contributed by atoms with Gasteiger partial charge in [0, 0.05) is 11.6 Å². The zero-order valence-electron chi connectivity index (χ0n) is 6.69. The highest BCUT2D eigenvalue weighted by Gasteiger charge is 2.13. The first-order valence-corrected chi connectivity index (χ1v) is 4.08. The monoisotopic (exact) mass is 234 g/mol. The number of methoxy groups -OCH3 is 1. The highest BCUT2D eigenvalue weighted by atomic mass is 79.9. The van der Waals surface area contributed by atoms with Crippen LogP contribution in [0.5, 0.6) is 11.5 Å². The van der Waals surface area contributed by atoms with Gasteiger partial charge in [-0.05, 0) is 22.9 Å². The lowest BCUT2D eigenvalue weighted by Crippen LogP contribution is -1.92. The summed E-state index contributed by atoms with van der Waals surface area (Å²) in [6.45, 7) is 1.54. The number of aromatic hydroxyl groups is 1. The summed E-state index contributed by atoms with van der Waals surface area (Å²) in [7, 11) is 1.38. The average molecular weight is 235 g/mol. The first-order valence-electron chi connectivity index (χ1n) is 3.29. The minimum absolute atomic E-state index is 0.0664. The van der Waals surface area contributed by atoms with Gasteiger partial charge < -0.3 is 9.84 Å². The van der Waals surface area contributed by atoms with E-state index in [1.807, 2.05) is 0 Å². The molecule has 12 heavy (non-hydrogen) atoms. The smallest absolute Gasteiger partial charge is 0.166 e. The lowest BCUT2D eigenvalue weighted by molar-refractivity contribution is 0.366. The first kappa shape index (κ1) is 9.32. The lowest BCUT2D eigenvalue weighted by Gasteiger charge is -2.08. The molecule has 1 aromatic carbocycles.